The Morgan fingerprint density at radius 2 is 2.25 bits per heavy atom. The maximum Gasteiger partial charge on any atom is 0.133 e. The van der Waals surface area contributed by atoms with Crippen molar-refractivity contribution in [2.75, 3.05) is 36.0 Å². The van der Waals surface area contributed by atoms with Crippen LogP contribution in [0.25, 0.3) is 0 Å². The second-order valence-electron chi connectivity index (χ2n) is 5.61. The second kappa shape index (κ2) is 8.25. The fraction of sp³-hybridized carbons (Fsp3) is 0.667. The first-order valence-electron chi connectivity index (χ1n) is 7.34. The van der Waals surface area contributed by atoms with E-state index >= 15 is 0 Å². The summed E-state index contributed by atoms with van der Waals surface area (Å²) in [7, 11) is 0. The van der Waals surface area contributed by atoms with E-state index in [4.69, 9.17) is 0 Å². The summed E-state index contributed by atoms with van der Waals surface area (Å²) in [6, 6.07) is 2.20. The molecule has 2 rings (SSSR count). The lowest BCUT2D eigenvalue weighted by Crippen LogP contribution is -2.29. The average molecular weight is 358 g/mol. The maximum atomic E-state index is 4.67. The maximum absolute atomic E-state index is 4.67. The van der Waals surface area contributed by atoms with Crippen molar-refractivity contribution in [3.05, 3.63) is 22.3 Å². The van der Waals surface area contributed by atoms with E-state index in [0.29, 0.717) is 5.92 Å². The van der Waals surface area contributed by atoms with Crippen LogP contribution in [0.5, 0.6) is 0 Å². The van der Waals surface area contributed by atoms with Gasteiger partial charge in [0.1, 0.15) is 5.82 Å². The van der Waals surface area contributed by atoms with Crippen molar-refractivity contribution in [2.24, 2.45) is 5.92 Å². The number of hydrogen-bond donors (Lipinski definition) is 1. The van der Waals surface area contributed by atoms with E-state index in [1.165, 1.54) is 23.5 Å². The fourth-order valence-electron chi connectivity index (χ4n) is 2.34. The lowest BCUT2D eigenvalue weighted by atomic mass is 10.2. The molecule has 0 saturated carbocycles. The largest absolute Gasteiger partial charge is 0.355 e. The van der Waals surface area contributed by atoms with Gasteiger partial charge in [0.15, 0.2) is 0 Å². The molecule has 112 valence electrons. The zero-order chi connectivity index (χ0) is 14.4. The van der Waals surface area contributed by atoms with Gasteiger partial charge in [-0.1, -0.05) is 13.8 Å². The number of halogens is 1. The normalized spacial score (nSPS) is 16.5. The second-order valence-corrected chi connectivity index (χ2v) is 7.75. The van der Waals surface area contributed by atoms with Crippen molar-refractivity contribution >= 4 is 33.5 Å². The van der Waals surface area contributed by atoms with Crippen LogP contribution < -0.4 is 10.2 Å². The van der Waals surface area contributed by atoms with Crippen molar-refractivity contribution in [3.63, 3.8) is 0 Å². The minimum absolute atomic E-state index is 0.674. The number of pyridine rings is 1. The Hall–Kier alpha value is -0.260. The molecule has 0 aromatic carbocycles. The average Bonchev–Trinajstić information content (AvgIpc) is 2.67. The number of thioether (sulfide) groups is 1. The third kappa shape index (κ3) is 4.93. The molecule has 3 nitrogen and oxygen atoms in total. The van der Waals surface area contributed by atoms with E-state index in [1.54, 1.807) is 0 Å². The van der Waals surface area contributed by atoms with Crippen LogP contribution >= 0.6 is 27.7 Å². The Labute approximate surface area is 135 Å². The van der Waals surface area contributed by atoms with Gasteiger partial charge < -0.3 is 10.2 Å². The summed E-state index contributed by atoms with van der Waals surface area (Å²) < 4.78 is 1.06. The van der Waals surface area contributed by atoms with Crippen LogP contribution in [0.3, 0.4) is 0 Å². The molecule has 2 heterocycles. The molecule has 1 fully saturated rings. The van der Waals surface area contributed by atoms with Crippen LogP contribution in [0.15, 0.2) is 16.7 Å². The molecule has 5 heteroatoms. The minimum atomic E-state index is 0.674. The Bertz CT molecular complexity index is 418. The van der Waals surface area contributed by atoms with Crippen molar-refractivity contribution in [1.82, 2.24) is 10.3 Å². The molecule has 0 radical (unpaired) electrons. The van der Waals surface area contributed by atoms with Gasteiger partial charge in [-0.25, -0.2) is 4.98 Å². The summed E-state index contributed by atoms with van der Waals surface area (Å²) in [5, 5.41) is 3.53. The molecule has 20 heavy (non-hydrogen) atoms. The summed E-state index contributed by atoms with van der Waals surface area (Å²) in [6.07, 6.45) is 3.17. The summed E-state index contributed by atoms with van der Waals surface area (Å²) in [4.78, 5) is 7.11. The quantitative estimate of drug-likeness (QED) is 0.872. The minimum Gasteiger partial charge on any atom is -0.355 e. The van der Waals surface area contributed by atoms with E-state index in [0.717, 1.165) is 36.5 Å². The van der Waals surface area contributed by atoms with Gasteiger partial charge in [0, 0.05) is 41.6 Å². The van der Waals surface area contributed by atoms with Gasteiger partial charge in [0.25, 0.3) is 0 Å². The number of nitrogens with zero attached hydrogens (tertiary/aromatic N) is 2. The van der Waals surface area contributed by atoms with Crippen LogP contribution in [-0.4, -0.2) is 36.1 Å². The lowest BCUT2D eigenvalue weighted by Gasteiger charge is -2.24. The van der Waals surface area contributed by atoms with Crippen molar-refractivity contribution in [3.8, 4) is 0 Å². The first kappa shape index (κ1) is 16.1. The van der Waals surface area contributed by atoms with Gasteiger partial charge in [0.2, 0.25) is 0 Å². The third-order valence-electron chi connectivity index (χ3n) is 3.30. The molecule has 0 amide bonds. The molecule has 1 saturated heterocycles. The standard InChI is InChI=1S/C15H24BrN3S/c1-12(2)9-17-10-13-8-14(16)11-18-15(13)19-4-3-6-20-7-5-19/h8,11-12,17H,3-7,9-10H2,1-2H3. The third-order valence-corrected chi connectivity index (χ3v) is 4.78. The SMILES string of the molecule is CC(C)CNCc1cc(Br)cnc1N1CCCSCC1. The van der Waals surface area contributed by atoms with Crippen molar-refractivity contribution < 1.29 is 0 Å². The van der Waals surface area contributed by atoms with Crippen LogP contribution in [0, 0.1) is 5.92 Å². The Balaban J connectivity index is 2.09. The van der Waals surface area contributed by atoms with Gasteiger partial charge in [-0.3, -0.25) is 0 Å². The Morgan fingerprint density at radius 3 is 3.05 bits per heavy atom. The monoisotopic (exact) mass is 357 g/mol. The summed E-state index contributed by atoms with van der Waals surface area (Å²) in [5.41, 5.74) is 1.30. The molecular formula is C15H24BrN3S. The Morgan fingerprint density at radius 1 is 1.40 bits per heavy atom. The van der Waals surface area contributed by atoms with E-state index in [-0.39, 0.29) is 0 Å². The predicted molar refractivity (Wildman–Crippen MR) is 92.6 cm³/mol. The van der Waals surface area contributed by atoms with Gasteiger partial charge in [-0.05, 0) is 46.6 Å². The molecule has 1 aliphatic heterocycles. The zero-order valence-corrected chi connectivity index (χ0v) is 14.8. The van der Waals surface area contributed by atoms with Crippen LogP contribution in [0.2, 0.25) is 0 Å². The number of hydrogen-bond acceptors (Lipinski definition) is 4. The molecule has 1 aliphatic rings. The highest BCUT2D eigenvalue weighted by Crippen LogP contribution is 2.24. The van der Waals surface area contributed by atoms with Crippen LogP contribution in [0.1, 0.15) is 25.8 Å². The zero-order valence-electron chi connectivity index (χ0n) is 12.4. The molecule has 0 spiro atoms. The van der Waals surface area contributed by atoms with Gasteiger partial charge in [-0.15, -0.1) is 0 Å². The van der Waals surface area contributed by atoms with Gasteiger partial charge >= 0.3 is 0 Å². The van der Waals surface area contributed by atoms with E-state index in [9.17, 15) is 0 Å². The smallest absolute Gasteiger partial charge is 0.133 e. The molecule has 0 bridgehead atoms. The summed E-state index contributed by atoms with van der Waals surface area (Å²) in [6.45, 7) is 8.64. The fourth-order valence-corrected chi connectivity index (χ4v) is 3.61. The lowest BCUT2D eigenvalue weighted by molar-refractivity contribution is 0.551. The number of rotatable bonds is 5. The summed E-state index contributed by atoms with van der Waals surface area (Å²) >= 11 is 5.59. The number of anilines is 1. The Kier molecular flexibility index (Phi) is 6.65. The van der Waals surface area contributed by atoms with Gasteiger partial charge in [-0.2, -0.15) is 11.8 Å². The molecule has 1 aromatic rings. The highest BCUT2D eigenvalue weighted by atomic mass is 79.9. The van der Waals surface area contributed by atoms with Crippen molar-refractivity contribution in [1.29, 1.82) is 0 Å². The van der Waals surface area contributed by atoms with E-state index in [1.807, 2.05) is 6.20 Å². The number of nitrogens with one attached hydrogen (secondary N) is 1. The van der Waals surface area contributed by atoms with E-state index < -0.39 is 0 Å². The van der Waals surface area contributed by atoms with E-state index in [2.05, 4.69) is 62.8 Å². The topological polar surface area (TPSA) is 28.2 Å². The predicted octanol–water partition coefficient (Wildman–Crippen LogP) is 3.53. The molecule has 0 aliphatic carbocycles. The molecule has 0 atom stereocenters. The molecule has 0 unspecified atom stereocenters. The van der Waals surface area contributed by atoms with Crippen LogP contribution in [0.4, 0.5) is 5.82 Å². The first-order valence-corrected chi connectivity index (χ1v) is 9.29. The number of aromatic nitrogens is 1. The molecule has 1 N–H and O–H groups in total. The first-order chi connectivity index (χ1) is 9.66. The van der Waals surface area contributed by atoms with Gasteiger partial charge in [0.05, 0.1) is 0 Å². The van der Waals surface area contributed by atoms with Crippen LogP contribution in [-0.2, 0) is 6.54 Å². The highest BCUT2D eigenvalue weighted by Gasteiger charge is 2.15. The molecule has 1 aromatic heterocycles. The summed E-state index contributed by atoms with van der Waals surface area (Å²) in [5.74, 6) is 4.31. The molecular weight excluding hydrogens is 334 g/mol. The van der Waals surface area contributed by atoms with Crippen molar-refractivity contribution in [2.45, 2.75) is 26.8 Å². The highest BCUT2D eigenvalue weighted by molar-refractivity contribution is 9.10.